The number of carbonyl (C=O) groups is 2. The lowest BCUT2D eigenvalue weighted by Gasteiger charge is -2.17. The number of Topliss-reactive ketones (excluding diaryl/α,β-unsaturated/α-hetero) is 1. The maximum atomic E-state index is 13.9. The van der Waals surface area contributed by atoms with E-state index in [-0.39, 0.29) is 17.8 Å². The molecular weight excluding hydrogens is 276 g/mol. The lowest BCUT2D eigenvalue weighted by molar-refractivity contribution is -0.114. The third kappa shape index (κ3) is 2.31. The number of amides is 1. The Morgan fingerprint density at radius 2 is 1.71 bits per heavy atom. The van der Waals surface area contributed by atoms with Crippen molar-refractivity contribution in [2.75, 3.05) is 11.4 Å². The summed E-state index contributed by atoms with van der Waals surface area (Å²) in [6, 6.07) is 10.9. The van der Waals surface area contributed by atoms with Gasteiger partial charge in [-0.2, -0.15) is 0 Å². The molecule has 0 N–H and O–H groups in total. The molecule has 5 heteroatoms. The molecule has 0 bridgehead atoms. The highest BCUT2D eigenvalue weighted by Crippen LogP contribution is 2.32. The van der Waals surface area contributed by atoms with Gasteiger partial charge in [-0.15, -0.1) is 0 Å². The summed E-state index contributed by atoms with van der Waals surface area (Å²) in [5.41, 5.74) is 0.640. The SMILES string of the molecule is O=C1C(=O)N(CCc2ccccc2)c2c(F)cc(F)cc21. The molecule has 1 aliphatic heterocycles. The van der Waals surface area contributed by atoms with Gasteiger partial charge >= 0.3 is 0 Å². The second kappa shape index (κ2) is 5.09. The summed E-state index contributed by atoms with van der Waals surface area (Å²) in [5.74, 6) is -3.43. The van der Waals surface area contributed by atoms with E-state index >= 15 is 0 Å². The molecule has 0 aliphatic carbocycles. The number of hydrogen-bond donors (Lipinski definition) is 0. The first-order valence-electron chi connectivity index (χ1n) is 6.47. The van der Waals surface area contributed by atoms with Gasteiger partial charge in [0.15, 0.2) is 5.82 Å². The Labute approximate surface area is 119 Å². The van der Waals surface area contributed by atoms with Crippen LogP contribution in [0.1, 0.15) is 15.9 Å². The van der Waals surface area contributed by atoms with E-state index in [0.29, 0.717) is 12.5 Å². The van der Waals surface area contributed by atoms with Crippen molar-refractivity contribution in [3.8, 4) is 0 Å². The van der Waals surface area contributed by atoms with Crippen molar-refractivity contribution >= 4 is 17.4 Å². The second-order valence-electron chi connectivity index (χ2n) is 4.81. The van der Waals surface area contributed by atoms with Gasteiger partial charge in [0.25, 0.3) is 11.7 Å². The molecule has 3 rings (SSSR count). The molecule has 0 fully saturated rings. The fourth-order valence-corrected chi connectivity index (χ4v) is 2.45. The zero-order valence-electron chi connectivity index (χ0n) is 11.0. The zero-order valence-corrected chi connectivity index (χ0v) is 11.0. The Morgan fingerprint density at radius 3 is 2.43 bits per heavy atom. The van der Waals surface area contributed by atoms with Crippen molar-refractivity contribution in [2.24, 2.45) is 0 Å². The highest BCUT2D eigenvalue weighted by atomic mass is 19.1. The molecule has 0 spiro atoms. The van der Waals surface area contributed by atoms with Crippen LogP contribution in [0.25, 0.3) is 0 Å². The predicted molar refractivity (Wildman–Crippen MR) is 73.2 cm³/mol. The van der Waals surface area contributed by atoms with Crippen LogP contribution >= 0.6 is 0 Å². The quantitative estimate of drug-likeness (QED) is 0.814. The van der Waals surface area contributed by atoms with Gasteiger partial charge in [0, 0.05) is 12.6 Å². The van der Waals surface area contributed by atoms with E-state index in [1.165, 1.54) is 0 Å². The number of fused-ring (bicyclic) bond motifs is 1. The van der Waals surface area contributed by atoms with Crippen LogP contribution < -0.4 is 4.90 Å². The Morgan fingerprint density at radius 1 is 1.00 bits per heavy atom. The van der Waals surface area contributed by atoms with Gasteiger partial charge in [0.05, 0.1) is 11.3 Å². The molecule has 2 aromatic carbocycles. The fourth-order valence-electron chi connectivity index (χ4n) is 2.45. The van der Waals surface area contributed by atoms with E-state index in [9.17, 15) is 18.4 Å². The average Bonchev–Trinajstić information content (AvgIpc) is 2.71. The normalized spacial score (nSPS) is 13.7. The molecule has 0 atom stereocenters. The van der Waals surface area contributed by atoms with E-state index in [1.807, 2.05) is 30.3 Å². The van der Waals surface area contributed by atoms with Crippen molar-refractivity contribution in [3.05, 3.63) is 65.2 Å². The number of rotatable bonds is 3. The minimum absolute atomic E-state index is 0.123. The second-order valence-corrected chi connectivity index (χ2v) is 4.81. The molecule has 0 saturated heterocycles. The van der Waals surface area contributed by atoms with Crippen LogP contribution in [0.3, 0.4) is 0 Å². The molecule has 0 aromatic heterocycles. The molecule has 1 aliphatic rings. The summed E-state index contributed by atoms with van der Waals surface area (Å²) < 4.78 is 27.1. The minimum Gasteiger partial charge on any atom is -0.302 e. The van der Waals surface area contributed by atoms with Crippen molar-refractivity contribution < 1.29 is 18.4 Å². The summed E-state index contributed by atoms with van der Waals surface area (Å²) in [7, 11) is 0. The molecule has 21 heavy (non-hydrogen) atoms. The molecule has 2 aromatic rings. The number of anilines is 1. The van der Waals surface area contributed by atoms with E-state index < -0.39 is 23.3 Å². The number of benzene rings is 2. The Balaban J connectivity index is 1.91. The summed E-state index contributed by atoms with van der Waals surface area (Å²) in [5, 5.41) is 0. The first kappa shape index (κ1) is 13.4. The monoisotopic (exact) mass is 287 g/mol. The molecule has 1 heterocycles. The summed E-state index contributed by atoms with van der Waals surface area (Å²) >= 11 is 0. The summed E-state index contributed by atoms with van der Waals surface area (Å²) in [4.78, 5) is 24.8. The third-order valence-electron chi connectivity index (χ3n) is 3.45. The predicted octanol–water partition coefficient (Wildman–Crippen LogP) is 2.74. The average molecular weight is 287 g/mol. The first-order valence-corrected chi connectivity index (χ1v) is 6.47. The number of ketones is 1. The van der Waals surface area contributed by atoms with Crippen molar-refractivity contribution in [3.63, 3.8) is 0 Å². The fraction of sp³-hybridized carbons (Fsp3) is 0.125. The van der Waals surface area contributed by atoms with E-state index in [1.54, 1.807) is 0 Å². The first-order chi connectivity index (χ1) is 10.1. The lowest BCUT2D eigenvalue weighted by Crippen LogP contribution is -2.32. The van der Waals surface area contributed by atoms with Crippen LogP contribution in [0.2, 0.25) is 0 Å². The molecule has 106 valence electrons. The molecule has 0 saturated carbocycles. The van der Waals surface area contributed by atoms with Gasteiger partial charge in [-0.25, -0.2) is 8.78 Å². The Hall–Kier alpha value is -2.56. The van der Waals surface area contributed by atoms with Gasteiger partial charge in [0.1, 0.15) is 5.82 Å². The maximum Gasteiger partial charge on any atom is 0.299 e. The number of hydrogen-bond acceptors (Lipinski definition) is 2. The van der Waals surface area contributed by atoms with Crippen molar-refractivity contribution in [1.29, 1.82) is 0 Å². The largest absolute Gasteiger partial charge is 0.302 e. The van der Waals surface area contributed by atoms with Gasteiger partial charge < -0.3 is 4.90 Å². The van der Waals surface area contributed by atoms with E-state index in [4.69, 9.17) is 0 Å². The topological polar surface area (TPSA) is 37.4 Å². The maximum absolute atomic E-state index is 13.9. The Kier molecular flexibility index (Phi) is 3.25. The highest BCUT2D eigenvalue weighted by molar-refractivity contribution is 6.52. The van der Waals surface area contributed by atoms with E-state index in [2.05, 4.69) is 0 Å². The minimum atomic E-state index is -0.891. The third-order valence-corrected chi connectivity index (χ3v) is 3.45. The van der Waals surface area contributed by atoms with Gasteiger partial charge in [-0.1, -0.05) is 30.3 Å². The van der Waals surface area contributed by atoms with Crippen molar-refractivity contribution in [2.45, 2.75) is 6.42 Å². The van der Waals surface area contributed by atoms with Gasteiger partial charge in [-0.3, -0.25) is 9.59 Å². The van der Waals surface area contributed by atoms with Crippen LogP contribution in [-0.2, 0) is 11.2 Å². The smallest absolute Gasteiger partial charge is 0.299 e. The zero-order chi connectivity index (χ0) is 15.0. The van der Waals surface area contributed by atoms with Crippen LogP contribution in [-0.4, -0.2) is 18.2 Å². The number of carbonyl (C=O) groups excluding carboxylic acids is 2. The lowest BCUT2D eigenvalue weighted by atomic mass is 10.1. The Bertz CT molecular complexity index is 729. The standard InChI is InChI=1S/C16H11F2NO2/c17-11-8-12-14(13(18)9-11)19(16(21)15(12)20)7-6-10-4-2-1-3-5-10/h1-5,8-9H,6-7H2. The van der Waals surface area contributed by atoms with Crippen molar-refractivity contribution in [1.82, 2.24) is 0 Å². The number of nitrogens with zero attached hydrogens (tertiary/aromatic N) is 1. The molecule has 0 radical (unpaired) electrons. The van der Waals surface area contributed by atoms with Gasteiger partial charge in [0.2, 0.25) is 0 Å². The van der Waals surface area contributed by atoms with E-state index in [0.717, 1.165) is 16.5 Å². The number of halogens is 2. The van der Waals surface area contributed by atoms with Crippen LogP contribution in [0.4, 0.5) is 14.5 Å². The molecule has 1 amide bonds. The molecule has 0 unspecified atom stereocenters. The highest BCUT2D eigenvalue weighted by Gasteiger charge is 2.38. The van der Waals surface area contributed by atoms with Gasteiger partial charge in [-0.05, 0) is 18.1 Å². The summed E-state index contributed by atoms with van der Waals surface area (Å²) in [6.45, 7) is 0.171. The van der Waals surface area contributed by atoms with Crippen LogP contribution in [0.15, 0.2) is 42.5 Å². The summed E-state index contributed by atoms with van der Waals surface area (Å²) in [6.07, 6.45) is 0.482. The molecule has 3 nitrogen and oxygen atoms in total. The molecular formula is C16H11F2NO2. The van der Waals surface area contributed by atoms with Crippen LogP contribution in [0.5, 0.6) is 0 Å². The van der Waals surface area contributed by atoms with Crippen LogP contribution in [0, 0.1) is 11.6 Å².